The fourth-order valence-electron chi connectivity index (χ4n) is 1.43. The van der Waals surface area contributed by atoms with Gasteiger partial charge in [-0.15, -0.1) is 0 Å². The van der Waals surface area contributed by atoms with Crippen molar-refractivity contribution in [3.8, 4) is 0 Å². The summed E-state index contributed by atoms with van der Waals surface area (Å²) in [5.74, 6) is -0.453. The number of nitrogens with one attached hydrogen (secondary N) is 1. The standard InChI is InChI=1S/C11H6Br2N4O3/c12-8-5-14-10(9(13)15-8)16-11(18)6-3-1-2-4-7(6)17(19)20/h1-5H,(H,14,16,18). The summed E-state index contributed by atoms with van der Waals surface area (Å²) >= 11 is 6.28. The number of aromatic nitrogens is 2. The van der Waals surface area contributed by atoms with E-state index >= 15 is 0 Å². The van der Waals surface area contributed by atoms with Gasteiger partial charge in [0.15, 0.2) is 5.82 Å². The molecule has 1 amide bonds. The molecule has 1 aromatic heterocycles. The maximum atomic E-state index is 12.1. The van der Waals surface area contributed by atoms with Crippen LogP contribution in [0.4, 0.5) is 11.5 Å². The van der Waals surface area contributed by atoms with Crippen LogP contribution in [0, 0.1) is 10.1 Å². The van der Waals surface area contributed by atoms with Gasteiger partial charge in [-0.1, -0.05) is 12.1 Å². The van der Waals surface area contributed by atoms with Gasteiger partial charge in [-0.05, 0) is 37.9 Å². The van der Waals surface area contributed by atoms with Gasteiger partial charge in [-0.3, -0.25) is 14.9 Å². The zero-order valence-electron chi connectivity index (χ0n) is 9.71. The molecule has 0 aliphatic rings. The minimum atomic E-state index is -0.630. The molecule has 0 fully saturated rings. The van der Waals surface area contributed by atoms with Crippen molar-refractivity contribution in [1.29, 1.82) is 0 Å². The summed E-state index contributed by atoms with van der Waals surface area (Å²) in [4.78, 5) is 30.3. The Hall–Kier alpha value is -1.87. The van der Waals surface area contributed by atoms with Gasteiger partial charge in [0.1, 0.15) is 14.8 Å². The van der Waals surface area contributed by atoms with Crippen LogP contribution in [0.3, 0.4) is 0 Å². The molecule has 20 heavy (non-hydrogen) atoms. The molecule has 2 aromatic rings. The zero-order chi connectivity index (χ0) is 14.7. The third-order valence-corrected chi connectivity index (χ3v) is 3.21. The number of benzene rings is 1. The van der Waals surface area contributed by atoms with Crippen LogP contribution in [0.25, 0.3) is 0 Å². The average Bonchev–Trinajstić information content (AvgIpc) is 2.41. The van der Waals surface area contributed by atoms with Crippen LogP contribution in [0.1, 0.15) is 10.4 Å². The van der Waals surface area contributed by atoms with Crippen LogP contribution in [0.15, 0.2) is 39.7 Å². The van der Waals surface area contributed by atoms with Crippen molar-refractivity contribution < 1.29 is 9.72 Å². The zero-order valence-corrected chi connectivity index (χ0v) is 12.9. The molecule has 0 unspecified atom stereocenters. The number of carbonyl (C=O) groups is 1. The molecule has 0 saturated heterocycles. The van der Waals surface area contributed by atoms with E-state index in [1.807, 2.05) is 0 Å². The second-order valence-corrected chi connectivity index (χ2v) is 5.12. The third kappa shape index (κ3) is 3.17. The van der Waals surface area contributed by atoms with Gasteiger partial charge in [0.2, 0.25) is 0 Å². The van der Waals surface area contributed by atoms with Crippen LogP contribution in [0.5, 0.6) is 0 Å². The van der Waals surface area contributed by atoms with E-state index in [0.717, 1.165) is 0 Å². The first kappa shape index (κ1) is 14.5. The van der Waals surface area contributed by atoms with Crippen molar-refractivity contribution in [2.45, 2.75) is 0 Å². The molecule has 2 rings (SSSR count). The normalized spacial score (nSPS) is 10.1. The second-order valence-electron chi connectivity index (χ2n) is 3.56. The summed E-state index contributed by atoms with van der Waals surface area (Å²) in [6.45, 7) is 0. The fourth-order valence-corrected chi connectivity index (χ4v) is 2.34. The molecular formula is C11H6Br2N4O3. The molecule has 1 N–H and O–H groups in total. The molecule has 0 bridgehead atoms. The van der Waals surface area contributed by atoms with Gasteiger partial charge >= 0.3 is 0 Å². The molecule has 9 heteroatoms. The van der Waals surface area contributed by atoms with Gasteiger partial charge < -0.3 is 5.32 Å². The summed E-state index contributed by atoms with van der Waals surface area (Å²) in [7, 11) is 0. The number of hydrogen-bond acceptors (Lipinski definition) is 5. The number of rotatable bonds is 3. The first-order valence-corrected chi connectivity index (χ1v) is 6.80. The van der Waals surface area contributed by atoms with Crippen molar-refractivity contribution >= 4 is 49.3 Å². The largest absolute Gasteiger partial charge is 0.304 e. The highest BCUT2D eigenvalue weighted by atomic mass is 79.9. The molecule has 0 spiro atoms. The van der Waals surface area contributed by atoms with E-state index in [0.29, 0.717) is 9.21 Å². The number of halogens is 2. The number of nitrogens with zero attached hydrogens (tertiary/aromatic N) is 3. The lowest BCUT2D eigenvalue weighted by Crippen LogP contribution is -2.15. The van der Waals surface area contributed by atoms with Crippen molar-refractivity contribution in [1.82, 2.24) is 9.97 Å². The van der Waals surface area contributed by atoms with E-state index in [2.05, 4.69) is 47.1 Å². The van der Waals surface area contributed by atoms with E-state index < -0.39 is 10.8 Å². The minimum Gasteiger partial charge on any atom is -0.304 e. The lowest BCUT2D eigenvalue weighted by Gasteiger charge is -2.06. The first-order chi connectivity index (χ1) is 9.49. The molecule has 0 aliphatic heterocycles. The van der Waals surface area contributed by atoms with Crippen LogP contribution in [-0.2, 0) is 0 Å². The number of carbonyl (C=O) groups excluding carboxylic acids is 1. The molecule has 0 radical (unpaired) electrons. The number of amides is 1. The summed E-state index contributed by atoms with van der Waals surface area (Å²) in [6.07, 6.45) is 1.40. The summed E-state index contributed by atoms with van der Waals surface area (Å²) in [6, 6.07) is 5.67. The molecule has 0 aliphatic carbocycles. The number of anilines is 1. The van der Waals surface area contributed by atoms with Crippen LogP contribution in [0.2, 0.25) is 0 Å². The summed E-state index contributed by atoms with van der Waals surface area (Å²) < 4.78 is 0.812. The van der Waals surface area contributed by atoms with Gasteiger partial charge in [-0.2, -0.15) is 0 Å². The second kappa shape index (κ2) is 6.06. The van der Waals surface area contributed by atoms with Gasteiger partial charge in [-0.25, -0.2) is 9.97 Å². The maximum absolute atomic E-state index is 12.1. The topological polar surface area (TPSA) is 98.0 Å². The van der Waals surface area contributed by atoms with Crippen molar-refractivity contribution in [2.24, 2.45) is 0 Å². The predicted molar refractivity (Wildman–Crippen MR) is 78.5 cm³/mol. The van der Waals surface area contributed by atoms with E-state index in [9.17, 15) is 14.9 Å². The van der Waals surface area contributed by atoms with Crippen LogP contribution < -0.4 is 5.32 Å². The Morgan fingerprint density at radius 2 is 2.00 bits per heavy atom. The molecule has 1 heterocycles. The first-order valence-electron chi connectivity index (χ1n) is 5.22. The van der Waals surface area contributed by atoms with Gasteiger partial charge in [0, 0.05) is 6.07 Å². The highest BCUT2D eigenvalue weighted by Gasteiger charge is 2.20. The highest BCUT2D eigenvalue weighted by Crippen LogP contribution is 2.22. The molecule has 0 atom stereocenters. The Labute approximate surface area is 129 Å². The van der Waals surface area contributed by atoms with E-state index in [1.54, 1.807) is 6.07 Å². The fraction of sp³-hybridized carbons (Fsp3) is 0. The lowest BCUT2D eigenvalue weighted by atomic mass is 10.1. The number of nitro groups is 1. The Balaban J connectivity index is 2.31. The quantitative estimate of drug-likeness (QED) is 0.629. The molecule has 1 aromatic carbocycles. The van der Waals surface area contributed by atoms with Crippen molar-refractivity contribution in [3.05, 3.63) is 55.3 Å². The van der Waals surface area contributed by atoms with E-state index in [4.69, 9.17) is 0 Å². The number of nitro benzene ring substituents is 1. The average molecular weight is 402 g/mol. The molecular weight excluding hydrogens is 396 g/mol. The van der Waals surface area contributed by atoms with E-state index in [1.165, 1.54) is 24.4 Å². The number of para-hydroxylation sites is 1. The summed E-state index contributed by atoms with van der Waals surface area (Å²) in [5, 5.41) is 13.3. The van der Waals surface area contributed by atoms with Crippen molar-refractivity contribution in [2.75, 3.05) is 5.32 Å². The lowest BCUT2D eigenvalue weighted by molar-refractivity contribution is -0.385. The molecule has 7 nitrogen and oxygen atoms in total. The van der Waals surface area contributed by atoms with Crippen LogP contribution in [-0.4, -0.2) is 20.8 Å². The SMILES string of the molecule is O=C(Nc1ncc(Br)nc1Br)c1ccccc1[N+](=O)[O-]. The van der Waals surface area contributed by atoms with Gasteiger partial charge in [0.25, 0.3) is 11.6 Å². The molecule has 0 saturated carbocycles. The maximum Gasteiger partial charge on any atom is 0.282 e. The highest BCUT2D eigenvalue weighted by molar-refractivity contribution is 9.11. The Bertz CT molecular complexity index is 693. The minimum absolute atomic E-state index is 0.0471. The van der Waals surface area contributed by atoms with E-state index in [-0.39, 0.29) is 17.1 Å². The Morgan fingerprint density at radius 1 is 1.30 bits per heavy atom. The Morgan fingerprint density at radius 3 is 2.65 bits per heavy atom. The monoisotopic (exact) mass is 400 g/mol. The third-order valence-electron chi connectivity index (χ3n) is 2.28. The smallest absolute Gasteiger partial charge is 0.282 e. The van der Waals surface area contributed by atoms with Crippen molar-refractivity contribution in [3.63, 3.8) is 0 Å². The van der Waals surface area contributed by atoms with Gasteiger partial charge in [0.05, 0.1) is 11.1 Å². The predicted octanol–water partition coefficient (Wildman–Crippen LogP) is 3.16. The Kier molecular flexibility index (Phi) is 4.40. The molecule has 102 valence electrons. The van der Waals surface area contributed by atoms with Crippen LogP contribution >= 0.6 is 31.9 Å². The number of hydrogen-bond donors (Lipinski definition) is 1. The summed E-state index contributed by atoms with van der Waals surface area (Å²) in [5.41, 5.74) is -0.319.